The molecule has 0 aliphatic carbocycles. The second-order valence-corrected chi connectivity index (χ2v) is 5.62. The minimum atomic E-state index is -0.324. The average molecular weight is 347 g/mol. The van der Waals surface area contributed by atoms with Crippen molar-refractivity contribution in [1.82, 2.24) is 5.16 Å². The summed E-state index contributed by atoms with van der Waals surface area (Å²) in [5.41, 5.74) is 9.39. The largest absolute Gasteiger partial charge is 0.380 e. The van der Waals surface area contributed by atoms with E-state index < -0.39 is 0 Å². The number of nitrogens with zero attached hydrogens (tertiary/aromatic N) is 1. The molecule has 2 N–H and O–H groups in total. The topological polar surface area (TPSA) is 52.0 Å². The van der Waals surface area contributed by atoms with Gasteiger partial charge >= 0.3 is 0 Å². The Morgan fingerprint density at radius 2 is 2.00 bits per heavy atom. The third-order valence-electron chi connectivity index (χ3n) is 3.20. The minimum absolute atomic E-state index is 0.312. The van der Waals surface area contributed by atoms with Crippen molar-refractivity contribution in [2.75, 3.05) is 5.73 Å². The van der Waals surface area contributed by atoms with Crippen molar-refractivity contribution >= 4 is 21.7 Å². The number of nitrogens with two attached hydrogens (primary N) is 1. The fourth-order valence-electron chi connectivity index (χ4n) is 2.24. The predicted octanol–water partition coefficient (Wildman–Crippen LogP) is 4.80. The molecule has 21 heavy (non-hydrogen) atoms. The molecule has 106 valence electrons. The van der Waals surface area contributed by atoms with E-state index in [1.807, 2.05) is 31.2 Å². The van der Waals surface area contributed by atoms with Gasteiger partial charge in [-0.05, 0) is 46.6 Å². The maximum absolute atomic E-state index is 13.2. The van der Waals surface area contributed by atoms with Crippen LogP contribution in [0.5, 0.6) is 0 Å². The van der Waals surface area contributed by atoms with E-state index in [9.17, 15) is 4.39 Å². The van der Waals surface area contributed by atoms with Crippen molar-refractivity contribution < 1.29 is 8.91 Å². The number of benzene rings is 2. The number of hydrogen-bond acceptors (Lipinski definition) is 3. The van der Waals surface area contributed by atoms with Gasteiger partial charge in [0.2, 0.25) is 0 Å². The van der Waals surface area contributed by atoms with Crippen LogP contribution in [0, 0.1) is 12.7 Å². The van der Waals surface area contributed by atoms with Gasteiger partial charge in [-0.2, -0.15) is 0 Å². The lowest BCUT2D eigenvalue weighted by Gasteiger charge is -2.06. The Bertz CT molecular complexity index is 814. The molecular weight excluding hydrogens is 335 g/mol. The van der Waals surface area contributed by atoms with Crippen molar-refractivity contribution in [3.63, 3.8) is 0 Å². The number of anilines is 1. The first-order valence-corrected chi connectivity index (χ1v) is 7.13. The molecule has 0 saturated carbocycles. The molecular formula is C16H12BrFN2O. The summed E-state index contributed by atoms with van der Waals surface area (Å²) in [7, 11) is 0. The summed E-state index contributed by atoms with van der Waals surface area (Å²) < 4.78 is 19.2. The van der Waals surface area contributed by atoms with Gasteiger partial charge in [0.1, 0.15) is 5.82 Å². The Balaban J connectivity index is 2.22. The van der Waals surface area contributed by atoms with Gasteiger partial charge in [-0.3, -0.25) is 0 Å². The van der Waals surface area contributed by atoms with Crippen LogP contribution in [0.2, 0.25) is 0 Å². The van der Waals surface area contributed by atoms with Gasteiger partial charge in [0.05, 0.1) is 5.56 Å². The molecule has 3 rings (SSSR count). The molecule has 2 aromatic carbocycles. The standard InChI is InChI=1S/C16H12BrFN2O/c1-9-3-2-4-10(7-9)14-15(21-20-16(14)19)12-6-5-11(18)8-13(12)17/h2-8H,1H3,(H2,19,20). The molecule has 0 aliphatic heterocycles. The van der Waals surface area contributed by atoms with Crippen LogP contribution in [0.1, 0.15) is 5.56 Å². The highest BCUT2D eigenvalue weighted by atomic mass is 79.9. The average Bonchev–Trinajstić information content (AvgIpc) is 2.80. The zero-order chi connectivity index (χ0) is 15.0. The maximum Gasteiger partial charge on any atom is 0.178 e. The summed E-state index contributed by atoms with van der Waals surface area (Å²) >= 11 is 3.35. The Hall–Kier alpha value is -2.14. The van der Waals surface area contributed by atoms with Crippen LogP contribution in [0.4, 0.5) is 10.2 Å². The van der Waals surface area contributed by atoms with E-state index in [1.54, 1.807) is 6.07 Å². The molecule has 3 nitrogen and oxygen atoms in total. The molecule has 0 unspecified atom stereocenters. The van der Waals surface area contributed by atoms with Crippen LogP contribution < -0.4 is 5.73 Å². The number of rotatable bonds is 2. The fraction of sp³-hybridized carbons (Fsp3) is 0.0625. The molecule has 5 heteroatoms. The lowest BCUT2D eigenvalue weighted by molar-refractivity contribution is 0.436. The van der Waals surface area contributed by atoms with Crippen molar-refractivity contribution in [3.8, 4) is 22.5 Å². The van der Waals surface area contributed by atoms with Gasteiger partial charge in [-0.1, -0.05) is 35.0 Å². The second kappa shape index (κ2) is 5.33. The van der Waals surface area contributed by atoms with Crippen molar-refractivity contribution in [1.29, 1.82) is 0 Å². The number of hydrogen-bond donors (Lipinski definition) is 1. The van der Waals surface area contributed by atoms with Gasteiger partial charge in [-0.25, -0.2) is 4.39 Å². The Kier molecular flexibility index (Phi) is 3.51. The van der Waals surface area contributed by atoms with E-state index >= 15 is 0 Å². The Morgan fingerprint density at radius 1 is 1.19 bits per heavy atom. The summed E-state index contributed by atoms with van der Waals surface area (Å²) in [5, 5.41) is 3.85. The van der Waals surface area contributed by atoms with Crippen LogP contribution >= 0.6 is 15.9 Å². The first-order chi connectivity index (χ1) is 10.1. The highest BCUT2D eigenvalue weighted by Crippen LogP contribution is 2.39. The van der Waals surface area contributed by atoms with Gasteiger partial charge in [-0.15, -0.1) is 0 Å². The SMILES string of the molecule is Cc1cccc(-c2c(N)noc2-c2ccc(F)cc2Br)c1. The minimum Gasteiger partial charge on any atom is -0.380 e. The molecule has 0 bridgehead atoms. The molecule has 3 aromatic rings. The van der Waals surface area contributed by atoms with Crippen LogP contribution in [0.15, 0.2) is 51.5 Å². The van der Waals surface area contributed by atoms with Crippen LogP contribution in [-0.4, -0.2) is 5.16 Å². The van der Waals surface area contributed by atoms with Crippen LogP contribution in [0.25, 0.3) is 22.5 Å². The monoisotopic (exact) mass is 346 g/mol. The molecule has 0 spiro atoms. The lowest BCUT2D eigenvalue weighted by Crippen LogP contribution is -1.90. The van der Waals surface area contributed by atoms with E-state index in [0.29, 0.717) is 27.2 Å². The molecule has 0 atom stereocenters. The maximum atomic E-state index is 13.2. The van der Waals surface area contributed by atoms with Crippen LogP contribution in [0.3, 0.4) is 0 Å². The third kappa shape index (κ3) is 2.56. The quantitative estimate of drug-likeness (QED) is 0.724. The van der Waals surface area contributed by atoms with Gasteiger partial charge < -0.3 is 10.3 Å². The molecule has 0 fully saturated rings. The highest BCUT2D eigenvalue weighted by Gasteiger charge is 2.19. The summed E-state index contributed by atoms with van der Waals surface area (Å²) in [5.74, 6) is 0.506. The molecule has 1 heterocycles. The summed E-state index contributed by atoms with van der Waals surface area (Å²) in [4.78, 5) is 0. The zero-order valence-corrected chi connectivity index (χ0v) is 12.8. The second-order valence-electron chi connectivity index (χ2n) is 4.77. The van der Waals surface area contributed by atoms with Gasteiger partial charge in [0.25, 0.3) is 0 Å². The number of aryl methyl sites for hydroxylation is 1. The predicted molar refractivity (Wildman–Crippen MR) is 84.2 cm³/mol. The fourth-order valence-corrected chi connectivity index (χ4v) is 2.77. The zero-order valence-electron chi connectivity index (χ0n) is 11.2. The van der Waals surface area contributed by atoms with E-state index in [4.69, 9.17) is 10.3 Å². The van der Waals surface area contributed by atoms with Crippen LogP contribution in [-0.2, 0) is 0 Å². The van der Waals surface area contributed by atoms with Crippen molar-refractivity contribution in [2.45, 2.75) is 6.92 Å². The van der Waals surface area contributed by atoms with E-state index in [1.165, 1.54) is 12.1 Å². The van der Waals surface area contributed by atoms with E-state index in [-0.39, 0.29) is 5.82 Å². The Morgan fingerprint density at radius 3 is 2.71 bits per heavy atom. The van der Waals surface area contributed by atoms with E-state index in [0.717, 1.165) is 11.1 Å². The number of aromatic nitrogens is 1. The number of halogens is 2. The van der Waals surface area contributed by atoms with Crippen molar-refractivity contribution in [2.24, 2.45) is 0 Å². The molecule has 1 aromatic heterocycles. The Labute approximate surface area is 129 Å². The van der Waals surface area contributed by atoms with E-state index in [2.05, 4.69) is 21.1 Å². The molecule has 0 aliphatic rings. The smallest absolute Gasteiger partial charge is 0.178 e. The first-order valence-electron chi connectivity index (χ1n) is 6.34. The molecule has 0 radical (unpaired) electrons. The first kappa shape index (κ1) is 13.8. The molecule has 0 saturated heterocycles. The summed E-state index contributed by atoms with van der Waals surface area (Å²) in [6, 6.07) is 12.3. The van der Waals surface area contributed by atoms with Crippen molar-refractivity contribution in [3.05, 3.63) is 58.3 Å². The van der Waals surface area contributed by atoms with Gasteiger partial charge in [0, 0.05) is 10.0 Å². The number of nitrogen functional groups attached to an aromatic ring is 1. The molecule has 0 amide bonds. The summed E-state index contributed by atoms with van der Waals surface area (Å²) in [6.45, 7) is 2.00. The lowest BCUT2D eigenvalue weighted by atomic mass is 10.00. The summed E-state index contributed by atoms with van der Waals surface area (Å²) in [6.07, 6.45) is 0. The highest BCUT2D eigenvalue weighted by molar-refractivity contribution is 9.10. The van der Waals surface area contributed by atoms with Gasteiger partial charge in [0.15, 0.2) is 11.6 Å². The normalized spacial score (nSPS) is 10.8. The third-order valence-corrected chi connectivity index (χ3v) is 3.86.